The summed E-state index contributed by atoms with van der Waals surface area (Å²) in [5, 5.41) is 13.4. The molecule has 2 aromatic rings. The van der Waals surface area contributed by atoms with Gasteiger partial charge in [-0.25, -0.2) is 0 Å². The minimum absolute atomic E-state index is 0.548. The van der Waals surface area contributed by atoms with E-state index >= 15 is 0 Å². The average molecular weight is 241 g/mol. The van der Waals surface area contributed by atoms with Gasteiger partial charge in [0.1, 0.15) is 6.10 Å². The van der Waals surface area contributed by atoms with Gasteiger partial charge in [0.15, 0.2) is 0 Å². The molecule has 2 heteroatoms. The largest absolute Gasteiger partial charge is 0.384 e. The third kappa shape index (κ3) is 2.97. The summed E-state index contributed by atoms with van der Waals surface area (Å²) >= 11 is 0. The van der Waals surface area contributed by atoms with Crippen LogP contribution in [0.1, 0.15) is 28.4 Å². The Kier molecular flexibility index (Phi) is 4.13. The van der Waals surface area contributed by atoms with Crippen LogP contribution in [-0.2, 0) is 6.54 Å². The van der Waals surface area contributed by atoms with Crippen molar-refractivity contribution in [3.05, 3.63) is 70.8 Å². The predicted molar refractivity (Wildman–Crippen MR) is 74.4 cm³/mol. The summed E-state index contributed by atoms with van der Waals surface area (Å²) in [5.41, 5.74) is 4.26. The van der Waals surface area contributed by atoms with Gasteiger partial charge in [-0.15, -0.1) is 0 Å². The first-order valence-corrected chi connectivity index (χ1v) is 6.19. The molecule has 0 amide bonds. The van der Waals surface area contributed by atoms with E-state index in [1.54, 1.807) is 0 Å². The maximum Gasteiger partial charge on any atom is 0.104 e. The van der Waals surface area contributed by atoms with Crippen LogP contribution in [-0.4, -0.2) is 12.2 Å². The Bertz CT molecular complexity index is 505. The zero-order valence-corrected chi connectivity index (χ0v) is 10.9. The molecule has 0 heterocycles. The minimum Gasteiger partial charge on any atom is -0.384 e. The number of aliphatic hydroxyl groups is 1. The summed E-state index contributed by atoms with van der Waals surface area (Å²) in [6.45, 7) is 2.88. The SMILES string of the molecule is CNCc1ccc(C(O)c2cccc(C)c2)cc1. The van der Waals surface area contributed by atoms with Gasteiger partial charge in [0.05, 0.1) is 0 Å². The van der Waals surface area contributed by atoms with Gasteiger partial charge < -0.3 is 10.4 Å². The van der Waals surface area contributed by atoms with Gasteiger partial charge in [-0.2, -0.15) is 0 Å². The lowest BCUT2D eigenvalue weighted by atomic mass is 9.99. The third-order valence-corrected chi connectivity index (χ3v) is 3.03. The Hall–Kier alpha value is -1.64. The van der Waals surface area contributed by atoms with E-state index in [9.17, 15) is 5.11 Å². The molecule has 0 fully saturated rings. The van der Waals surface area contributed by atoms with Crippen LogP contribution in [0.4, 0.5) is 0 Å². The van der Waals surface area contributed by atoms with Crippen LogP contribution in [0.25, 0.3) is 0 Å². The number of rotatable bonds is 4. The molecule has 0 aliphatic rings. The molecule has 1 atom stereocenters. The highest BCUT2D eigenvalue weighted by atomic mass is 16.3. The predicted octanol–water partition coefficient (Wildman–Crippen LogP) is 2.80. The van der Waals surface area contributed by atoms with Gasteiger partial charge in [-0.05, 0) is 30.7 Å². The lowest BCUT2D eigenvalue weighted by Gasteiger charge is -2.12. The van der Waals surface area contributed by atoms with Crippen LogP contribution in [0.5, 0.6) is 0 Å². The molecule has 1 unspecified atom stereocenters. The highest BCUT2D eigenvalue weighted by Crippen LogP contribution is 2.22. The van der Waals surface area contributed by atoms with Gasteiger partial charge in [-0.3, -0.25) is 0 Å². The zero-order valence-electron chi connectivity index (χ0n) is 10.9. The van der Waals surface area contributed by atoms with E-state index < -0.39 is 6.10 Å². The maximum atomic E-state index is 10.3. The summed E-state index contributed by atoms with van der Waals surface area (Å²) < 4.78 is 0. The standard InChI is InChI=1S/C16H19NO/c1-12-4-3-5-15(10-12)16(18)14-8-6-13(7-9-14)11-17-2/h3-10,16-18H,11H2,1-2H3. The van der Waals surface area contributed by atoms with Gasteiger partial charge in [0.25, 0.3) is 0 Å². The van der Waals surface area contributed by atoms with E-state index in [1.807, 2.05) is 62.5 Å². The molecular weight excluding hydrogens is 222 g/mol. The first-order valence-electron chi connectivity index (χ1n) is 6.19. The second-order valence-corrected chi connectivity index (χ2v) is 4.59. The van der Waals surface area contributed by atoms with E-state index in [4.69, 9.17) is 0 Å². The molecule has 2 N–H and O–H groups in total. The summed E-state index contributed by atoms with van der Waals surface area (Å²) in [6, 6.07) is 16.1. The molecule has 0 spiro atoms. The lowest BCUT2D eigenvalue weighted by molar-refractivity contribution is 0.220. The fourth-order valence-electron chi connectivity index (χ4n) is 2.05. The fraction of sp³-hybridized carbons (Fsp3) is 0.250. The summed E-state index contributed by atoms with van der Waals surface area (Å²) in [6.07, 6.45) is -0.548. The van der Waals surface area contributed by atoms with Crippen LogP contribution >= 0.6 is 0 Å². The van der Waals surface area contributed by atoms with E-state index in [2.05, 4.69) is 5.32 Å². The van der Waals surface area contributed by atoms with Crippen molar-refractivity contribution < 1.29 is 5.11 Å². The monoisotopic (exact) mass is 241 g/mol. The Balaban J connectivity index is 2.20. The number of aryl methyl sites for hydroxylation is 1. The van der Waals surface area contributed by atoms with Crippen molar-refractivity contribution in [2.75, 3.05) is 7.05 Å². The molecule has 0 radical (unpaired) electrons. The minimum atomic E-state index is -0.548. The van der Waals surface area contributed by atoms with E-state index in [-0.39, 0.29) is 0 Å². The molecule has 2 aromatic carbocycles. The number of aliphatic hydroxyl groups excluding tert-OH is 1. The highest BCUT2D eigenvalue weighted by molar-refractivity contribution is 5.33. The van der Waals surface area contributed by atoms with E-state index in [0.717, 1.165) is 17.7 Å². The number of nitrogens with one attached hydrogen (secondary N) is 1. The first-order chi connectivity index (χ1) is 8.70. The molecule has 2 nitrogen and oxygen atoms in total. The highest BCUT2D eigenvalue weighted by Gasteiger charge is 2.09. The van der Waals surface area contributed by atoms with Crippen molar-refractivity contribution in [3.63, 3.8) is 0 Å². The summed E-state index contributed by atoms with van der Waals surface area (Å²) in [4.78, 5) is 0. The van der Waals surface area contributed by atoms with Crippen LogP contribution < -0.4 is 5.32 Å². The Labute approximate surface area is 108 Å². The molecule has 0 aromatic heterocycles. The Morgan fingerprint density at radius 2 is 1.78 bits per heavy atom. The molecule has 0 aliphatic heterocycles. The molecule has 18 heavy (non-hydrogen) atoms. The van der Waals surface area contributed by atoms with Gasteiger partial charge in [0.2, 0.25) is 0 Å². The first kappa shape index (κ1) is 12.8. The maximum absolute atomic E-state index is 10.3. The average Bonchev–Trinajstić information content (AvgIpc) is 2.39. The van der Waals surface area contributed by atoms with Gasteiger partial charge >= 0.3 is 0 Å². The van der Waals surface area contributed by atoms with Crippen molar-refractivity contribution in [1.82, 2.24) is 5.32 Å². The molecule has 94 valence electrons. The van der Waals surface area contributed by atoms with Crippen molar-refractivity contribution in [3.8, 4) is 0 Å². The van der Waals surface area contributed by atoms with Gasteiger partial charge in [-0.1, -0.05) is 54.1 Å². The second kappa shape index (κ2) is 5.80. The lowest BCUT2D eigenvalue weighted by Crippen LogP contribution is -2.05. The van der Waals surface area contributed by atoms with E-state index in [0.29, 0.717) is 0 Å². The second-order valence-electron chi connectivity index (χ2n) is 4.59. The normalized spacial score (nSPS) is 12.4. The molecule has 0 saturated heterocycles. The van der Waals surface area contributed by atoms with Crippen LogP contribution in [0, 0.1) is 6.92 Å². The van der Waals surface area contributed by atoms with Crippen LogP contribution in [0.3, 0.4) is 0 Å². The topological polar surface area (TPSA) is 32.3 Å². The fourth-order valence-corrected chi connectivity index (χ4v) is 2.05. The van der Waals surface area contributed by atoms with E-state index in [1.165, 1.54) is 11.1 Å². The molecule has 0 aliphatic carbocycles. The van der Waals surface area contributed by atoms with Crippen LogP contribution in [0.15, 0.2) is 48.5 Å². The van der Waals surface area contributed by atoms with Gasteiger partial charge in [0, 0.05) is 6.54 Å². The summed E-state index contributed by atoms with van der Waals surface area (Å²) in [7, 11) is 1.93. The number of hydrogen-bond acceptors (Lipinski definition) is 2. The molecule has 0 bridgehead atoms. The van der Waals surface area contributed by atoms with Crippen molar-refractivity contribution >= 4 is 0 Å². The molecular formula is C16H19NO. The summed E-state index contributed by atoms with van der Waals surface area (Å²) in [5.74, 6) is 0. The van der Waals surface area contributed by atoms with Crippen molar-refractivity contribution in [1.29, 1.82) is 0 Å². The Morgan fingerprint density at radius 3 is 2.39 bits per heavy atom. The Morgan fingerprint density at radius 1 is 1.06 bits per heavy atom. The number of hydrogen-bond donors (Lipinski definition) is 2. The van der Waals surface area contributed by atoms with Crippen molar-refractivity contribution in [2.45, 2.75) is 19.6 Å². The third-order valence-electron chi connectivity index (χ3n) is 3.03. The molecule has 0 saturated carbocycles. The van der Waals surface area contributed by atoms with Crippen LogP contribution in [0.2, 0.25) is 0 Å². The quantitative estimate of drug-likeness (QED) is 0.862. The van der Waals surface area contributed by atoms with Crippen molar-refractivity contribution in [2.24, 2.45) is 0 Å². The smallest absolute Gasteiger partial charge is 0.104 e. The number of benzene rings is 2. The molecule has 2 rings (SSSR count). The zero-order chi connectivity index (χ0) is 13.0.